The van der Waals surface area contributed by atoms with E-state index in [1.807, 2.05) is 36.4 Å². The first kappa shape index (κ1) is 23.6. The Morgan fingerprint density at radius 2 is 1.89 bits per heavy atom. The van der Waals surface area contributed by atoms with E-state index in [2.05, 4.69) is 20.6 Å². The monoisotopic (exact) mass is 468 g/mol. The molecule has 4 rings (SSSR count). The van der Waals surface area contributed by atoms with Crippen LogP contribution < -0.4 is 10.6 Å². The molecule has 9 heteroatoms. The molecule has 0 fully saturated rings. The fourth-order valence-electron chi connectivity index (χ4n) is 3.59. The molecule has 9 nitrogen and oxygen atoms in total. The number of hydrogen-bond acceptors (Lipinski definition) is 6. The van der Waals surface area contributed by atoms with Crippen LogP contribution in [0.3, 0.4) is 0 Å². The maximum atomic E-state index is 12.9. The van der Waals surface area contributed by atoms with Gasteiger partial charge in [0.05, 0.1) is 17.2 Å². The molecule has 0 aliphatic rings. The summed E-state index contributed by atoms with van der Waals surface area (Å²) in [6.07, 6.45) is 2.18. The van der Waals surface area contributed by atoms with Crippen LogP contribution >= 0.6 is 0 Å². The number of methoxy groups -OCH3 is 1. The van der Waals surface area contributed by atoms with Gasteiger partial charge in [-0.3, -0.25) is 19.5 Å². The molecule has 0 atom stereocenters. The van der Waals surface area contributed by atoms with E-state index in [0.29, 0.717) is 59.9 Å². The number of nitriles is 1. The van der Waals surface area contributed by atoms with Gasteiger partial charge in [0.2, 0.25) is 5.95 Å². The molecule has 176 valence electrons. The number of nitrogens with one attached hydrogen (secondary N) is 2. The molecule has 0 aliphatic heterocycles. The number of hydrogen-bond donors (Lipinski definition) is 2. The average molecular weight is 469 g/mol. The molecule has 0 saturated carbocycles. The highest BCUT2D eigenvalue weighted by atomic mass is 16.5. The Hall–Kier alpha value is -4.55. The van der Waals surface area contributed by atoms with Crippen LogP contribution in [0.2, 0.25) is 0 Å². The molecule has 35 heavy (non-hydrogen) atoms. The lowest BCUT2D eigenvalue weighted by atomic mass is 10.1. The summed E-state index contributed by atoms with van der Waals surface area (Å²) in [4.78, 5) is 34.6. The van der Waals surface area contributed by atoms with Crippen LogP contribution in [0.5, 0.6) is 0 Å². The van der Waals surface area contributed by atoms with Crippen molar-refractivity contribution >= 4 is 28.9 Å². The predicted molar refractivity (Wildman–Crippen MR) is 131 cm³/mol. The summed E-state index contributed by atoms with van der Waals surface area (Å²) >= 11 is 0. The number of pyridine rings is 1. The van der Waals surface area contributed by atoms with Gasteiger partial charge in [-0.05, 0) is 36.2 Å². The lowest BCUT2D eigenvalue weighted by Gasteiger charge is -2.10. The molecule has 0 bridgehead atoms. The SMILES string of the molecule is COCCCn1c(NC(=O)c2cccc(C#N)c2)nc2cc(C(=O)NCc3ccccc3)cnc21. The highest BCUT2D eigenvalue weighted by Crippen LogP contribution is 2.21. The molecule has 2 heterocycles. The normalized spacial score (nSPS) is 10.6. The number of nitrogens with zero attached hydrogens (tertiary/aromatic N) is 4. The first-order valence-corrected chi connectivity index (χ1v) is 11.1. The van der Waals surface area contributed by atoms with Gasteiger partial charge in [0.15, 0.2) is 5.65 Å². The molecule has 0 unspecified atom stereocenters. The van der Waals surface area contributed by atoms with Crippen molar-refractivity contribution in [3.05, 3.63) is 89.1 Å². The minimum Gasteiger partial charge on any atom is -0.385 e. The minimum absolute atomic E-state index is 0.268. The average Bonchev–Trinajstić information content (AvgIpc) is 3.24. The van der Waals surface area contributed by atoms with E-state index < -0.39 is 5.91 Å². The molecule has 0 spiro atoms. The Labute approximate surface area is 202 Å². The van der Waals surface area contributed by atoms with Crippen molar-refractivity contribution in [2.45, 2.75) is 19.5 Å². The van der Waals surface area contributed by atoms with Crippen LogP contribution in [0.15, 0.2) is 66.9 Å². The number of carbonyl (C=O) groups excluding carboxylic acids is 2. The molecule has 2 amide bonds. The Bertz CT molecular complexity index is 1390. The van der Waals surface area contributed by atoms with Crippen molar-refractivity contribution in [1.82, 2.24) is 19.9 Å². The smallest absolute Gasteiger partial charge is 0.258 e. The van der Waals surface area contributed by atoms with Gasteiger partial charge in [-0.25, -0.2) is 9.97 Å². The van der Waals surface area contributed by atoms with Crippen LogP contribution in [0.1, 0.15) is 38.3 Å². The number of aromatic nitrogens is 3. The number of anilines is 1. The van der Waals surface area contributed by atoms with Gasteiger partial charge >= 0.3 is 0 Å². The summed E-state index contributed by atoms with van der Waals surface area (Å²) in [5.41, 5.74) is 3.11. The molecule has 2 aromatic heterocycles. The van der Waals surface area contributed by atoms with Crippen LogP contribution in [0.4, 0.5) is 5.95 Å². The predicted octanol–water partition coefficient (Wildman–Crippen LogP) is 3.52. The zero-order valence-electron chi connectivity index (χ0n) is 19.2. The molecular formula is C26H24N6O3. The number of rotatable bonds is 9. The van der Waals surface area contributed by atoms with Crippen molar-refractivity contribution < 1.29 is 14.3 Å². The maximum absolute atomic E-state index is 12.9. The Kier molecular flexibility index (Phi) is 7.45. The fourth-order valence-corrected chi connectivity index (χ4v) is 3.59. The van der Waals surface area contributed by atoms with Gasteiger partial charge in [-0.1, -0.05) is 36.4 Å². The van der Waals surface area contributed by atoms with Crippen LogP contribution in [0, 0.1) is 11.3 Å². The number of fused-ring (bicyclic) bond motifs is 1. The standard InChI is InChI=1S/C26H24N6O3/c1-35-12-6-11-32-23-22(30-26(32)31-25(34)20-10-5-9-19(13-20)15-27)14-21(17-28-23)24(33)29-16-18-7-3-2-4-8-18/h2-5,7-10,13-14,17H,6,11-12,16H2,1H3,(H,29,33)(H,30,31,34). The van der Waals surface area contributed by atoms with Crippen molar-refractivity contribution in [2.75, 3.05) is 19.0 Å². The topological polar surface area (TPSA) is 122 Å². The van der Waals surface area contributed by atoms with Crippen molar-refractivity contribution in [3.63, 3.8) is 0 Å². The number of imidazole rings is 1. The minimum atomic E-state index is -0.397. The third-order valence-corrected chi connectivity index (χ3v) is 5.35. The molecule has 0 aliphatic carbocycles. The van der Waals surface area contributed by atoms with Gasteiger partial charge in [-0.15, -0.1) is 0 Å². The highest BCUT2D eigenvalue weighted by molar-refractivity contribution is 6.04. The Morgan fingerprint density at radius 1 is 1.06 bits per heavy atom. The second kappa shape index (κ2) is 11.0. The molecule has 0 saturated heterocycles. The molecule has 0 radical (unpaired) electrons. The van der Waals surface area contributed by atoms with Gasteiger partial charge in [0.25, 0.3) is 11.8 Å². The van der Waals surface area contributed by atoms with E-state index in [0.717, 1.165) is 5.56 Å². The Balaban J connectivity index is 1.59. The summed E-state index contributed by atoms with van der Waals surface area (Å²) < 4.78 is 6.94. The summed E-state index contributed by atoms with van der Waals surface area (Å²) in [6, 6.07) is 19.7. The second-order valence-corrected chi connectivity index (χ2v) is 7.82. The molecular weight excluding hydrogens is 444 g/mol. The number of amides is 2. The molecule has 2 aromatic carbocycles. The zero-order chi connectivity index (χ0) is 24.6. The second-order valence-electron chi connectivity index (χ2n) is 7.82. The third-order valence-electron chi connectivity index (χ3n) is 5.35. The van der Waals surface area contributed by atoms with E-state index in [4.69, 9.17) is 10.00 Å². The number of ether oxygens (including phenoxy) is 1. The van der Waals surface area contributed by atoms with Gasteiger partial charge < -0.3 is 10.1 Å². The fraction of sp³-hybridized carbons (Fsp3) is 0.192. The third kappa shape index (κ3) is 5.69. The van der Waals surface area contributed by atoms with Crippen LogP contribution in [-0.2, 0) is 17.8 Å². The van der Waals surface area contributed by atoms with Gasteiger partial charge in [0, 0.05) is 38.6 Å². The maximum Gasteiger partial charge on any atom is 0.258 e. The van der Waals surface area contributed by atoms with Crippen LogP contribution in [-0.4, -0.2) is 40.1 Å². The summed E-state index contributed by atoms with van der Waals surface area (Å²) in [5, 5.41) is 14.8. The lowest BCUT2D eigenvalue weighted by Crippen LogP contribution is -2.22. The largest absolute Gasteiger partial charge is 0.385 e. The van der Waals surface area contributed by atoms with E-state index in [9.17, 15) is 9.59 Å². The lowest BCUT2D eigenvalue weighted by molar-refractivity contribution is 0.0949. The first-order chi connectivity index (χ1) is 17.1. The van der Waals surface area contributed by atoms with Crippen molar-refractivity contribution in [3.8, 4) is 6.07 Å². The van der Waals surface area contributed by atoms with E-state index >= 15 is 0 Å². The van der Waals surface area contributed by atoms with Gasteiger partial charge in [0.1, 0.15) is 5.52 Å². The Morgan fingerprint density at radius 3 is 2.66 bits per heavy atom. The quantitative estimate of drug-likeness (QED) is 0.363. The highest BCUT2D eigenvalue weighted by Gasteiger charge is 2.17. The van der Waals surface area contributed by atoms with Crippen molar-refractivity contribution in [2.24, 2.45) is 0 Å². The number of carbonyl (C=O) groups is 2. The van der Waals surface area contributed by atoms with Gasteiger partial charge in [-0.2, -0.15) is 5.26 Å². The number of aryl methyl sites for hydroxylation is 1. The summed E-state index contributed by atoms with van der Waals surface area (Å²) in [6.45, 7) is 1.42. The van der Waals surface area contributed by atoms with E-state index in [1.54, 1.807) is 35.9 Å². The molecule has 4 aromatic rings. The zero-order valence-corrected chi connectivity index (χ0v) is 19.2. The van der Waals surface area contributed by atoms with Crippen molar-refractivity contribution in [1.29, 1.82) is 5.26 Å². The number of benzene rings is 2. The first-order valence-electron chi connectivity index (χ1n) is 11.1. The summed E-state index contributed by atoms with van der Waals surface area (Å²) in [7, 11) is 1.62. The summed E-state index contributed by atoms with van der Waals surface area (Å²) in [5.74, 6) is -0.361. The van der Waals surface area contributed by atoms with E-state index in [-0.39, 0.29) is 5.91 Å². The molecule has 2 N–H and O–H groups in total. The van der Waals surface area contributed by atoms with E-state index in [1.165, 1.54) is 12.3 Å². The van der Waals surface area contributed by atoms with Crippen LogP contribution in [0.25, 0.3) is 11.2 Å².